The van der Waals surface area contributed by atoms with E-state index in [9.17, 15) is 13.6 Å². The summed E-state index contributed by atoms with van der Waals surface area (Å²) in [7, 11) is 0. The van der Waals surface area contributed by atoms with E-state index in [1.807, 2.05) is 6.07 Å². The number of benzene rings is 2. The molecule has 5 nitrogen and oxygen atoms in total. The molecule has 0 spiro atoms. The number of nitrogens with one attached hydrogen (secondary N) is 1. The molecule has 3 rings (SSSR count). The fraction of sp³-hybridized carbons (Fsp3) is 0.0556. The van der Waals surface area contributed by atoms with Crippen LogP contribution >= 0.6 is 0 Å². The fourth-order valence-electron chi connectivity index (χ4n) is 2.27. The topological polar surface area (TPSA) is 70.7 Å². The van der Waals surface area contributed by atoms with Crippen LogP contribution in [0.5, 0.6) is 0 Å². The van der Waals surface area contributed by atoms with Gasteiger partial charge in [-0.2, -0.15) is 10.4 Å². The lowest BCUT2D eigenvalue weighted by atomic mass is 10.1. The number of rotatable bonds is 4. The number of amides is 1. The van der Waals surface area contributed by atoms with Crippen LogP contribution in [-0.2, 0) is 6.54 Å². The minimum absolute atomic E-state index is 0.0437. The summed E-state index contributed by atoms with van der Waals surface area (Å²) in [5, 5.41) is 15.5. The Balaban J connectivity index is 1.71. The molecule has 1 aromatic heterocycles. The number of carbonyl (C=O) groups excluding carboxylic acids is 1. The Morgan fingerprint density at radius 3 is 2.84 bits per heavy atom. The first kappa shape index (κ1) is 16.3. The van der Waals surface area contributed by atoms with E-state index >= 15 is 0 Å². The van der Waals surface area contributed by atoms with Crippen LogP contribution in [0.1, 0.15) is 21.5 Å². The highest BCUT2D eigenvalue weighted by Gasteiger charge is 2.12. The number of hydrogen-bond donors (Lipinski definition) is 1. The van der Waals surface area contributed by atoms with Gasteiger partial charge in [0.05, 0.1) is 23.4 Å². The molecule has 3 aromatic rings. The van der Waals surface area contributed by atoms with Gasteiger partial charge in [0, 0.05) is 18.8 Å². The van der Waals surface area contributed by atoms with Gasteiger partial charge in [0.2, 0.25) is 0 Å². The Labute approximate surface area is 142 Å². The van der Waals surface area contributed by atoms with Crippen molar-refractivity contribution in [3.63, 3.8) is 0 Å². The van der Waals surface area contributed by atoms with E-state index in [0.29, 0.717) is 5.56 Å². The summed E-state index contributed by atoms with van der Waals surface area (Å²) in [6.07, 6.45) is 2.65. The van der Waals surface area contributed by atoms with E-state index in [1.165, 1.54) is 23.1 Å². The predicted octanol–water partition coefficient (Wildman–Crippen LogP) is 2.95. The maximum atomic E-state index is 13.8. The average molecular weight is 338 g/mol. The Kier molecular flexibility index (Phi) is 4.53. The van der Waals surface area contributed by atoms with E-state index in [2.05, 4.69) is 10.4 Å². The normalized spacial score (nSPS) is 10.3. The minimum atomic E-state index is -0.775. The summed E-state index contributed by atoms with van der Waals surface area (Å²) in [6, 6.07) is 12.0. The van der Waals surface area contributed by atoms with Crippen molar-refractivity contribution in [3.05, 3.63) is 83.2 Å². The number of nitrogens with zero attached hydrogens (tertiary/aromatic N) is 3. The molecular formula is C18H12F2N4O. The van der Waals surface area contributed by atoms with Crippen molar-refractivity contribution in [2.24, 2.45) is 0 Å². The first-order valence-electron chi connectivity index (χ1n) is 7.34. The first-order chi connectivity index (χ1) is 12.1. The molecule has 7 heteroatoms. The van der Waals surface area contributed by atoms with Crippen LogP contribution in [0.15, 0.2) is 54.9 Å². The second kappa shape index (κ2) is 6.93. The van der Waals surface area contributed by atoms with Crippen molar-refractivity contribution in [3.8, 4) is 11.8 Å². The van der Waals surface area contributed by atoms with Gasteiger partial charge in [-0.3, -0.25) is 4.79 Å². The third kappa shape index (κ3) is 3.70. The summed E-state index contributed by atoms with van der Waals surface area (Å²) in [6.45, 7) is 0.241. The number of nitriles is 1. The maximum absolute atomic E-state index is 13.8. The third-order valence-corrected chi connectivity index (χ3v) is 3.51. The van der Waals surface area contributed by atoms with Gasteiger partial charge < -0.3 is 5.32 Å². The van der Waals surface area contributed by atoms with Gasteiger partial charge in [0.1, 0.15) is 11.5 Å². The molecule has 0 fully saturated rings. The molecule has 0 radical (unpaired) electrons. The van der Waals surface area contributed by atoms with Gasteiger partial charge in [0.25, 0.3) is 5.91 Å². The van der Waals surface area contributed by atoms with Crippen LogP contribution in [0.4, 0.5) is 8.78 Å². The van der Waals surface area contributed by atoms with Crippen molar-refractivity contribution < 1.29 is 13.6 Å². The summed E-state index contributed by atoms with van der Waals surface area (Å²) >= 11 is 0. The van der Waals surface area contributed by atoms with E-state index in [-0.39, 0.29) is 17.8 Å². The molecule has 0 bridgehead atoms. The molecule has 1 N–H and O–H groups in total. The number of hydrogen-bond acceptors (Lipinski definition) is 3. The lowest BCUT2D eigenvalue weighted by molar-refractivity contribution is 0.0951. The fourth-order valence-corrected chi connectivity index (χ4v) is 2.27. The van der Waals surface area contributed by atoms with Crippen LogP contribution in [0.2, 0.25) is 0 Å². The third-order valence-electron chi connectivity index (χ3n) is 3.51. The van der Waals surface area contributed by atoms with Crippen molar-refractivity contribution in [2.75, 3.05) is 0 Å². The molecule has 0 saturated carbocycles. The van der Waals surface area contributed by atoms with E-state index < -0.39 is 17.5 Å². The monoisotopic (exact) mass is 338 g/mol. The molecule has 124 valence electrons. The molecule has 25 heavy (non-hydrogen) atoms. The van der Waals surface area contributed by atoms with Gasteiger partial charge in [-0.1, -0.05) is 12.1 Å². The zero-order valence-corrected chi connectivity index (χ0v) is 12.9. The van der Waals surface area contributed by atoms with Crippen LogP contribution in [-0.4, -0.2) is 15.7 Å². The van der Waals surface area contributed by atoms with Gasteiger partial charge in [-0.15, -0.1) is 0 Å². The van der Waals surface area contributed by atoms with Crippen molar-refractivity contribution in [1.82, 2.24) is 15.1 Å². The lowest BCUT2D eigenvalue weighted by Crippen LogP contribution is -2.22. The Bertz CT molecular complexity index is 975. The van der Waals surface area contributed by atoms with Crippen LogP contribution < -0.4 is 5.32 Å². The van der Waals surface area contributed by atoms with Crippen molar-refractivity contribution in [2.45, 2.75) is 6.54 Å². The smallest absolute Gasteiger partial charge is 0.254 e. The summed E-state index contributed by atoms with van der Waals surface area (Å²) in [4.78, 5) is 12.2. The van der Waals surface area contributed by atoms with Crippen LogP contribution in [0, 0.1) is 23.0 Å². The van der Waals surface area contributed by atoms with Crippen LogP contribution in [0.25, 0.3) is 5.69 Å². The van der Waals surface area contributed by atoms with Gasteiger partial charge >= 0.3 is 0 Å². The number of aromatic nitrogens is 2. The quantitative estimate of drug-likeness (QED) is 0.795. The molecule has 0 atom stereocenters. The molecular weight excluding hydrogens is 326 g/mol. The second-order valence-electron chi connectivity index (χ2n) is 5.26. The van der Waals surface area contributed by atoms with Crippen molar-refractivity contribution in [1.29, 1.82) is 5.26 Å². The molecule has 0 aliphatic heterocycles. The largest absolute Gasteiger partial charge is 0.348 e. The number of halogens is 2. The molecule has 0 unspecified atom stereocenters. The Morgan fingerprint density at radius 1 is 1.24 bits per heavy atom. The van der Waals surface area contributed by atoms with Crippen LogP contribution in [0.3, 0.4) is 0 Å². The molecule has 1 heterocycles. The molecule has 0 aliphatic carbocycles. The summed E-state index contributed by atoms with van der Waals surface area (Å²) < 4.78 is 27.9. The van der Waals surface area contributed by atoms with Gasteiger partial charge in [-0.25, -0.2) is 13.5 Å². The van der Waals surface area contributed by atoms with Gasteiger partial charge in [0.15, 0.2) is 5.82 Å². The summed E-state index contributed by atoms with van der Waals surface area (Å²) in [5.74, 6) is -1.86. The molecule has 0 saturated heterocycles. The van der Waals surface area contributed by atoms with E-state index in [4.69, 9.17) is 5.26 Å². The Hall–Kier alpha value is -3.53. The number of carbonyl (C=O) groups is 1. The predicted molar refractivity (Wildman–Crippen MR) is 85.8 cm³/mol. The van der Waals surface area contributed by atoms with E-state index in [0.717, 1.165) is 17.7 Å². The minimum Gasteiger partial charge on any atom is -0.348 e. The van der Waals surface area contributed by atoms with Gasteiger partial charge in [-0.05, 0) is 29.8 Å². The second-order valence-corrected chi connectivity index (χ2v) is 5.26. The highest BCUT2D eigenvalue weighted by atomic mass is 19.1. The standard InChI is InChI=1S/C18H12F2N4O/c19-15-4-5-17(16(20)7-15)24-11-14(10-23-24)18(25)22-9-13-3-1-2-12(6-13)8-21/h1-7,10-11H,9H2,(H,22,25). The van der Waals surface area contributed by atoms with E-state index in [1.54, 1.807) is 24.3 Å². The maximum Gasteiger partial charge on any atom is 0.254 e. The molecule has 1 amide bonds. The highest BCUT2D eigenvalue weighted by Crippen LogP contribution is 2.14. The zero-order chi connectivity index (χ0) is 17.8. The Morgan fingerprint density at radius 2 is 2.08 bits per heavy atom. The summed E-state index contributed by atoms with van der Waals surface area (Å²) in [5.41, 5.74) is 1.57. The molecule has 2 aromatic carbocycles. The zero-order valence-electron chi connectivity index (χ0n) is 12.9. The lowest BCUT2D eigenvalue weighted by Gasteiger charge is -2.04. The average Bonchev–Trinajstić information content (AvgIpc) is 3.09. The first-order valence-corrected chi connectivity index (χ1v) is 7.34. The highest BCUT2D eigenvalue weighted by molar-refractivity contribution is 5.93. The SMILES string of the molecule is N#Cc1cccc(CNC(=O)c2cnn(-c3ccc(F)cc3F)c2)c1. The molecule has 0 aliphatic rings. The van der Waals surface area contributed by atoms with Crippen molar-refractivity contribution >= 4 is 5.91 Å².